The third-order valence-corrected chi connectivity index (χ3v) is 5.55. The van der Waals surface area contributed by atoms with Gasteiger partial charge in [-0.1, -0.05) is 54.2 Å². The Labute approximate surface area is 141 Å². The molecule has 3 nitrogen and oxygen atoms in total. The second-order valence-corrected chi connectivity index (χ2v) is 7.36. The minimum Gasteiger partial charge on any atom is -0.336 e. The fraction of sp³-hybridized carbons (Fsp3) is 0.368. The van der Waals surface area contributed by atoms with Crippen LogP contribution < -0.4 is 0 Å². The van der Waals surface area contributed by atoms with E-state index in [4.69, 9.17) is 0 Å². The van der Waals surface area contributed by atoms with Crippen molar-refractivity contribution < 1.29 is 9.59 Å². The van der Waals surface area contributed by atoms with Crippen LogP contribution in [0.2, 0.25) is 0 Å². The van der Waals surface area contributed by atoms with E-state index in [2.05, 4.69) is 37.3 Å². The smallest absolute Gasteiger partial charge is 0.223 e. The molecule has 1 amide bonds. The van der Waals surface area contributed by atoms with Gasteiger partial charge in [-0.2, -0.15) is 0 Å². The van der Waals surface area contributed by atoms with Crippen molar-refractivity contribution in [1.82, 2.24) is 4.90 Å². The van der Waals surface area contributed by atoms with Crippen molar-refractivity contribution >= 4 is 33.6 Å². The second-order valence-electron chi connectivity index (χ2n) is 6.16. The van der Waals surface area contributed by atoms with Crippen LogP contribution in [0.5, 0.6) is 0 Å². The molecule has 120 valence electrons. The fourth-order valence-electron chi connectivity index (χ4n) is 3.31. The van der Waals surface area contributed by atoms with Crippen molar-refractivity contribution in [3.05, 3.63) is 48.0 Å². The number of fused-ring (bicyclic) bond motifs is 1. The van der Waals surface area contributed by atoms with Crippen LogP contribution in [0, 0.1) is 5.92 Å². The topological polar surface area (TPSA) is 37.4 Å². The van der Waals surface area contributed by atoms with E-state index in [-0.39, 0.29) is 23.0 Å². The summed E-state index contributed by atoms with van der Waals surface area (Å²) in [7, 11) is 0. The number of nitrogens with zero attached hydrogens (tertiary/aromatic N) is 1. The van der Waals surface area contributed by atoms with Crippen LogP contribution in [0.25, 0.3) is 10.8 Å². The molecule has 23 heavy (non-hydrogen) atoms. The molecule has 0 aliphatic carbocycles. The van der Waals surface area contributed by atoms with E-state index in [1.807, 2.05) is 17.0 Å². The average Bonchev–Trinajstić information content (AvgIpc) is 2.92. The van der Waals surface area contributed by atoms with Crippen LogP contribution >= 0.6 is 11.8 Å². The van der Waals surface area contributed by atoms with Crippen molar-refractivity contribution in [3.8, 4) is 0 Å². The van der Waals surface area contributed by atoms with Gasteiger partial charge in [-0.15, -0.1) is 0 Å². The Bertz CT molecular complexity index is 738. The van der Waals surface area contributed by atoms with Gasteiger partial charge in [0.2, 0.25) is 5.91 Å². The second kappa shape index (κ2) is 6.75. The number of hydrogen-bond donors (Lipinski definition) is 0. The maximum atomic E-state index is 12.4. The van der Waals surface area contributed by atoms with E-state index in [9.17, 15) is 9.59 Å². The SMILES string of the molecule is CC(=O)SCC1CC(=O)N([C@@H](C)c2cccc3ccccc23)C1. The standard InChI is InChI=1S/C19H21NO2S/c1-13(17-9-5-7-16-6-3-4-8-18(16)17)20-11-15(10-19(20)22)12-23-14(2)21/h3-9,13,15H,10-12H2,1-2H3/t13-,15?/m0/s1. The van der Waals surface area contributed by atoms with Gasteiger partial charge in [0, 0.05) is 25.6 Å². The molecule has 0 saturated carbocycles. The lowest BCUT2D eigenvalue weighted by Gasteiger charge is -2.26. The van der Waals surface area contributed by atoms with E-state index >= 15 is 0 Å². The summed E-state index contributed by atoms with van der Waals surface area (Å²) < 4.78 is 0. The van der Waals surface area contributed by atoms with E-state index in [1.165, 1.54) is 28.1 Å². The Hall–Kier alpha value is -1.81. The zero-order valence-corrected chi connectivity index (χ0v) is 14.3. The Kier molecular flexibility index (Phi) is 4.71. The van der Waals surface area contributed by atoms with Crippen LogP contribution in [-0.2, 0) is 9.59 Å². The van der Waals surface area contributed by atoms with E-state index in [0.29, 0.717) is 6.42 Å². The number of rotatable bonds is 4. The third kappa shape index (κ3) is 3.42. The van der Waals surface area contributed by atoms with Gasteiger partial charge in [0.15, 0.2) is 5.12 Å². The highest BCUT2D eigenvalue weighted by Gasteiger charge is 2.33. The van der Waals surface area contributed by atoms with Crippen molar-refractivity contribution in [2.75, 3.05) is 12.3 Å². The predicted molar refractivity (Wildman–Crippen MR) is 95.3 cm³/mol. The molecule has 1 saturated heterocycles. The largest absolute Gasteiger partial charge is 0.336 e. The number of benzene rings is 2. The molecule has 2 atom stereocenters. The maximum absolute atomic E-state index is 12.4. The van der Waals surface area contributed by atoms with Gasteiger partial charge < -0.3 is 4.90 Å². The number of thioether (sulfide) groups is 1. The van der Waals surface area contributed by atoms with Crippen molar-refractivity contribution in [3.63, 3.8) is 0 Å². The summed E-state index contributed by atoms with van der Waals surface area (Å²) in [6.07, 6.45) is 0.551. The van der Waals surface area contributed by atoms with Gasteiger partial charge >= 0.3 is 0 Å². The highest BCUT2D eigenvalue weighted by atomic mass is 32.2. The fourth-order valence-corrected chi connectivity index (χ4v) is 4.01. The lowest BCUT2D eigenvalue weighted by molar-refractivity contribution is -0.129. The van der Waals surface area contributed by atoms with E-state index in [0.717, 1.165) is 12.3 Å². The first-order valence-corrected chi connectivity index (χ1v) is 8.95. The van der Waals surface area contributed by atoms with Gasteiger partial charge in [0.1, 0.15) is 0 Å². The van der Waals surface area contributed by atoms with Gasteiger partial charge in [0.25, 0.3) is 0 Å². The molecule has 1 aliphatic heterocycles. The summed E-state index contributed by atoms with van der Waals surface area (Å²) in [5.41, 5.74) is 1.19. The molecule has 0 spiro atoms. The molecular weight excluding hydrogens is 306 g/mol. The molecule has 2 aromatic rings. The highest BCUT2D eigenvalue weighted by Crippen LogP contribution is 2.33. The van der Waals surface area contributed by atoms with Gasteiger partial charge in [-0.3, -0.25) is 9.59 Å². The number of carbonyl (C=O) groups is 2. The van der Waals surface area contributed by atoms with Crippen LogP contribution in [-0.4, -0.2) is 28.2 Å². The highest BCUT2D eigenvalue weighted by molar-refractivity contribution is 8.13. The normalized spacial score (nSPS) is 19.3. The summed E-state index contributed by atoms with van der Waals surface area (Å²) >= 11 is 1.32. The first kappa shape index (κ1) is 16.1. The Morgan fingerprint density at radius 3 is 2.78 bits per heavy atom. The summed E-state index contributed by atoms with van der Waals surface area (Å²) in [5.74, 6) is 1.20. The van der Waals surface area contributed by atoms with E-state index < -0.39 is 0 Å². The zero-order chi connectivity index (χ0) is 16.4. The summed E-state index contributed by atoms with van der Waals surface area (Å²) in [6, 6.07) is 14.6. The first-order chi connectivity index (χ1) is 11.1. The van der Waals surface area contributed by atoms with Gasteiger partial charge in [-0.05, 0) is 29.2 Å². The summed E-state index contributed by atoms with van der Waals surface area (Å²) in [6.45, 7) is 4.42. The lowest BCUT2D eigenvalue weighted by Crippen LogP contribution is -2.28. The number of amides is 1. The third-order valence-electron chi connectivity index (χ3n) is 4.50. The zero-order valence-electron chi connectivity index (χ0n) is 13.5. The van der Waals surface area contributed by atoms with Crippen LogP contribution in [0.3, 0.4) is 0 Å². The molecule has 1 fully saturated rings. The number of carbonyl (C=O) groups excluding carboxylic acids is 2. The monoisotopic (exact) mass is 327 g/mol. The first-order valence-electron chi connectivity index (χ1n) is 7.96. The lowest BCUT2D eigenvalue weighted by atomic mass is 9.99. The molecule has 2 aromatic carbocycles. The predicted octanol–water partition coefficient (Wildman–Crippen LogP) is 4.03. The molecule has 1 unspecified atom stereocenters. The van der Waals surface area contributed by atoms with Crippen molar-refractivity contribution in [2.24, 2.45) is 5.92 Å². The van der Waals surface area contributed by atoms with Crippen LogP contribution in [0.1, 0.15) is 31.9 Å². The molecule has 1 aliphatic rings. The van der Waals surface area contributed by atoms with Crippen molar-refractivity contribution in [1.29, 1.82) is 0 Å². The minimum atomic E-state index is 0.0564. The Morgan fingerprint density at radius 1 is 1.26 bits per heavy atom. The molecule has 3 rings (SSSR count). The molecule has 1 heterocycles. The molecule has 0 bridgehead atoms. The number of hydrogen-bond acceptors (Lipinski definition) is 3. The molecule has 0 radical (unpaired) electrons. The quantitative estimate of drug-likeness (QED) is 0.851. The number of likely N-dealkylation sites (tertiary alicyclic amines) is 1. The minimum absolute atomic E-state index is 0.0564. The van der Waals surface area contributed by atoms with Crippen molar-refractivity contribution in [2.45, 2.75) is 26.3 Å². The van der Waals surface area contributed by atoms with Gasteiger partial charge in [-0.25, -0.2) is 0 Å². The Morgan fingerprint density at radius 2 is 2.00 bits per heavy atom. The van der Waals surface area contributed by atoms with E-state index in [1.54, 1.807) is 6.92 Å². The molecule has 4 heteroatoms. The van der Waals surface area contributed by atoms with Gasteiger partial charge in [0.05, 0.1) is 6.04 Å². The Balaban J connectivity index is 1.81. The van der Waals surface area contributed by atoms with Crippen LogP contribution in [0.4, 0.5) is 0 Å². The average molecular weight is 327 g/mol. The summed E-state index contributed by atoms with van der Waals surface area (Å²) in [5, 5.41) is 2.53. The summed E-state index contributed by atoms with van der Waals surface area (Å²) in [4.78, 5) is 25.5. The maximum Gasteiger partial charge on any atom is 0.223 e. The molecule has 0 N–H and O–H groups in total. The molecule has 0 aromatic heterocycles. The van der Waals surface area contributed by atoms with Crippen LogP contribution in [0.15, 0.2) is 42.5 Å². The molecular formula is C19H21NO2S.